The molecule has 2 heterocycles. The largest absolute Gasteiger partial charge is 0.480 e. The Bertz CT molecular complexity index is 1120. The smallest absolute Gasteiger partial charge is 0.328 e. The van der Waals surface area contributed by atoms with Gasteiger partial charge in [-0.05, 0) is 52.6 Å². The standard InChI is InChI=1S/C22H20N2O3/c25-19-11-16(10-15-6-3-5-13-4-1-2-7-17(13)15)20(14-8-9-14)21-23-12-18(22(26)27)24(19)21/h1-7,11,14,18,23H,8-10,12H2,(H,26,27)/t18-/m0/s1. The average molecular weight is 360 g/mol. The van der Waals surface area contributed by atoms with E-state index in [0.717, 1.165) is 24.0 Å². The van der Waals surface area contributed by atoms with Crippen LogP contribution < -0.4 is 10.9 Å². The molecule has 2 aromatic carbocycles. The highest BCUT2D eigenvalue weighted by Crippen LogP contribution is 2.46. The zero-order valence-corrected chi connectivity index (χ0v) is 14.8. The number of hydrogen-bond acceptors (Lipinski definition) is 3. The van der Waals surface area contributed by atoms with Crippen molar-refractivity contribution in [2.75, 3.05) is 11.9 Å². The minimum absolute atomic E-state index is 0.234. The maximum Gasteiger partial charge on any atom is 0.328 e. The van der Waals surface area contributed by atoms with Gasteiger partial charge < -0.3 is 10.4 Å². The number of nitrogens with zero attached hydrogens (tertiary/aromatic N) is 1. The Morgan fingerprint density at radius 1 is 1.11 bits per heavy atom. The van der Waals surface area contributed by atoms with Crippen LogP contribution in [0, 0.1) is 0 Å². The molecule has 3 aromatic rings. The third kappa shape index (κ3) is 2.62. The monoisotopic (exact) mass is 360 g/mol. The molecule has 0 amide bonds. The van der Waals surface area contributed by atoms with Crippen LogP contribution in [0.2, 0.25) is 0 Å². The van der Waals surface area contributed by atoms with Gasteiger partial charge in [0, 0.05) is 12.6 Å². The van der Waals surface area contributed by atoms with Crippen molar-refractivity contribution in [3.8, 4) is 0 Å². The fourth-order valence-electron chi connectivity index (χ4n) is 4.29. The topological polar surface area (TPSA) is 71.3 Å². The number of aromatic nitrogens is 1. The van der Waals surface area contributed by atoms with E-state index < -0.39 is 12.0 Å². The highest BCUT2D eigenvalue weighted by Gasteiger charge is 2.37. The van der Waals surface area contributed by atoms with E-state index in [2.05, 4.69) is 29.6 Å². The third-order valence-corrected chi connectivity index (χ3v) is 5.68. The van der Waals surface area contributed by atoms with E-state index in [9.17, 15) is 14.7 Å². The summed E-state index contributed by atoms with van der Waals surface area (Å²) in [7, 11) is 0. The van der Waals surface area contributed by atoms with Crippen molar-refractivity contribution in [2.45, 2.75) is 31.2 Å². The molecule has 0 bridgehead atoms. The molecule has 0 saturated heterocycles. The molecule has 136 valence electrons. The quantitative estimate of drug-likeness (QED) is 0.747. The van der Waals surface area contributed by atoms with Crippen LogP contribution >= 0.6 is 0 Å². The van der Waals surface area contributed by atoms with Crippen molar-refractivity contribution in [2.24, 2.45) is 0 Å². The van der Waals surface area contributed by atoms with Gasteiger partial charge in [-0.25, -0.2) is 4.79 Å². The predicted octanol–water partition coefficient (Wildman–Crippen LogP) is 3.52. The third-order valence-electron chi connectivity index (χ3n) is 5.68. The number of pyridine rings is 1. The minimum Gasteiger partial charge on any atom is -0.480 e. The lowest BCUT2D eigenvalue weighted by molar-refractivity contribution is -0.140. The molecule has 1 fully saturated rings. The van der Waals surface area contributed by atoms with Crippen LogP contribution in [-0.2, 0) is 11.2 Å². The van der Waals surface area contributed by atoms with Crippen molar-refractivity contribution < 1.29 is 9.90 Å². The van der Waals surface area contributed by atoms with Crippen molar-refractivity contribution in [3.05, 3.63) is 75.6 Å². The number of fused-ring (bicyclic) bond motifs is 2. The van der Waals surface area contributed by atoms with Gasteiger partial charge in [0.05, 0.1) is 0 Å². The van der Waals surface area contributed by atoms with Gasteiger partial charge in [-0.15, -0.1) is 0 Å². The van der Waals surface area contributed by atoms with E-state index in [1.807, 2.05) is 18.2 Å². The number of carboxylic acid groups (broad SMARTS) is 1. The first-order chi connectivity index (χ1) is 13.1. The molecule has 1 aliphatic carbocycles. The second-order valence-electron chi connectivity index (χ2n) is 7.46. The molecule has 0 radical (unpaired) electrons. The Labute approximate surface area is 156 Å². The van der Waals surface area contributed by atoms with Crippen molar-refractivity contribution in [1.29, 1.82) is 0 Å². The van der Waals surface area contributed by atoms with Gasteiger partial charge in [0.1, 0.15) is 5.82 Å². The van der Waals surface area contributed by atoms with Gasteiger partial charge in [-0.2, -0.15) is 0 Å². The lowest BCUT2D eigenvalue weighted by Gasteiger charge is -2.17. The van der Waals surface area contributed by atoms with Crippen LogP contribution in [0.5, 0.6) is 0 Å². The molecular formula is C22H20N2O3. The molecule has 0 spiro atoms. The summed E-state index contributed by atoms with van der Waals surface area (Å²) >= 11 is 0. The summed E-state index contributed by atoms with van der Waals surface area (Å²) in [6, 6.07) is 15.3. The lowest BCUT2D eigenvalue weighted by Crippen LogP contribution is -2.28. The van der Waals surface area contributed by atoms with Crippen LogP contribution in [0.4, 0.5) is 5.82 Å². The highest BCUT2D eigenvalue weighted by molar-refractivity contribution is 5.86. The Hall–Kier alpha value is -3.08. The van der Waals surface area contributed by atoms with E-state index in [0.29, 0.717) is 18.2 Å². The number of rotatable bonds is 4. The molecule has 2 N–H and O–H groups in total. The number of carboxylic acids is 1. The molecule has 1 atom stereocenters. The van der Waals surface area contributed by atoms with Crippen molar-refractivity contribution in [3.63, 3.8) is 0 Å². The molecule has 0 unspecified atom stereocenters. The zero-order chi connectivity index (χ0) is 18.5. The molecule has 5 heteroatoms. The van der Waals surface area contributed by atoms with Gasteiger partial charge in [0.2, 0.25) is 0 Å². The summed E-state index contributed by atoms with van der Waals surface area (Å²) in [4.78, 5) is 24.3. The van der Waals surface area contributed by atoms with Crippen LogP contribution in [0.3, 0.4) is 0 Å². The molecule has 5 rings (SSSR count). The number of benzene rings is 2. The molecule has 2 aliphatic rings. The number of nitrogens with one attached hydrogen (secondary N) is 1. The maximum atomic E-state index is 12.8. The second-order valence-corrected chi connectivity index (χ2v) is 7.46. The van der Waals surface area contributed by atoms with E-state index in [1.54, 1.807) is 6.07 Å². The number of carbonyl (C=O) groups is 1. The van der Waals surface area contributed by atoms with E-state index in [1.165, 1.54) is 20.9 Å². The van der Waals surface area contributed by atoms with Crippen molar-refractivity contribution >= 4 is 22.6 Å². The molecule has 1 saturated carbocycles. The first-order valence-corrected chi connectivity index (χ1v) is 9.35. The predicted molar refractivity (Wildman–Crippen MR) is 105 cm³/mol. The summed E-state index contributed by atoms with van der Waals surface area (Å²) in [5.74, 6) is 0.163. The first-order valence-electron chi connectivity index (χ1n) is 9.35. The van der Waals surface area contributed by atoms with Gasteiger partial charge in [-0.1, -0.05) is 42.5 Å². The van der Waals surface area contributed by atoms with E-state index >= 15 is 0 Å². The van der Waals surface area contributed by atoms with Crippen LogP contribution in [0.15, 0.2) is 53.3 Å². The van der Waals surface area contributed by atoms with Crippen LogP contribution in [0.1, 0.15) is 41.5 Å². The second kappa shape index (κ2) is 5.98. The van der Waals surface area contributed by atoms with Crippen molar-refractivity contribution in [1.82, 2.24) is 4.57 Å². The maximum absolute atomic E-state index is 12.8. The zero-order valence-electron chi connectivity index (χ0n) is 14.8. The Balaban J connectivity index is 1.66. The Kier molecular flexibility index (Phi) is 3.57. The van der Waals surface area contributed by atoms with Gasteiger partial charge in [-0.3, -0.25) is 9.36 Å². The van der Waals surface area contributed by atoms with Crippen LogP contribution in [0.25, 0.3) is 10.8 Å². The SMILES string of the molecule is O=C(O)[C@@H]1CNc2c(C3CC3)c(Cc3cccc4ccccc34)cc(=O)n21. The fourth-order valence-corrected chi connectivity index (χ4v) is 4.29. The minimum atomic E-state index is -0.966. The Morgan fingerprint density at radius 2 is 1.89 bits per heavy atom. The number of hydrogen-bond donors (Lipinski definition) is 2. The fraction of sp³-hybridized carbons (Fsp3) is 0.273. The molecule has 1 aliphatic heterocycles. The first kappa shape index (κ1) is 16.1. The summed E-state index contributed by atoms with van der Waals surface area (Å²) in [5.41, 5.74) is 3.10. The molecule has 27 heavy (non-hydrogen) atoms. The van der Waals surface area contributed by atoms with E-state index in [-0.39, 0.29) is 12.1 Å². The molecular weight excluding hydrogens is 340 g/mol. The van der Waals surface area contributed by atoms with Gasteiger partial charge >= 0.3 is 5.97 Å². The highest BCUT2D eigenvalue weighted by atomic mass is 16.4. The lowest BCUT2D eigenvalue weighted by atomic mass is 9.94. The molecule has 1 aromatic heterocycles. The summed E-state index contributed by atoms with van der Waals surface area (Å²) in [6.07, 6.45) is 2.86. The average Bonchev–Trinajstić information content (AvgIpc) is 3.39. The Morgan fingerprint density at radius 3 is 2.67 bits per heavy atom. The number of aliphatic carboxylic acids is 1. The van der Waals surface area contributed by atoms with Gasteiger partial charge in [0.15, 0.2) is 6.04 Å². The van der Waals surface area contributed by atoms with E-state index in [4.69, 9.17) is 0 Å². The number of anilines is 1. The normalized spacial score (nSPS) is 18.3. The summed E-state index contributed by atoms with van der Waals surface area (Å²) in [6.45, 7) is 0.266. The molecule has 5 nitrogen and oxygen atoms in total. The summed E-state index contributed by atoms with van der Waals surface area (Å²) in [5, 5.41) is 15.0. The van der Waals surface area contributed by atoms with Gasteiger partial charge in [0.25, 0.3) is 5.56 Å². The summed E-state index contributed by atoms with van der Waals surface area (Å²) < 4.78 is 1.43. The van der Waals surface area contributed by atoms with Crippen LogP contribution in [-0.4, -0.2) is 22.2 Å².